The zero-order valence-electron chi connectivity index (χ0n) is 13.5. The van der Waals surface area contributed by atoms with Crippen LogP contribution in [0.4, 0.5) is 0 Å². The third-order valence-corrected chi connectivity index (χ3v) is 4.41. The zero-order valence-corrected chi connectivity index (χ0v) is 13.5. The Hall–Kier alpha value is -3.89. The lowest BCUT2D eigenvalue weighted by molar-refractivity contribution is -0.567. The molecular formula is C20H11N5O. The average Bonchev–Trinajstić information content (AvgIpc) is 3.14. The molecule has 0 aliphatic heterocycles. The maximum Gasteiger partial charge on any atom is 0.343 e. The van der Waals surface area contributed by atoms with Gasteiger partial charge in [-0.05, 0) is 24.3 Å². The summed E-state index contributed by atoms with van der Waals surface area (Å²) in [7, 11) is 0. The fourth-order valence-corrected chi connectivity index (χ4v) is 3.23. The van der Waals surface area contributed by atoms with Crippen molar-refractivity contribution in [3.8, 4) is 5.69 Å². The predicted molar refractivity (Wildman–Crippen MR) is 98.5 cm³/mol. The number of benzene rings is 2. The van der Waals surface area contributed by atoms with Gasteiger partial charge in [-0.25, -0.2) is 9.97 Å². The molecule has 0 amide bonds. The van der Waals surface area contributed by atoms with Crippen LogP contribution in [-0.2, 0) is 0 Å². The minimum atomic E-state index is -0.363. The van der Waals surface area contributed by atoms with Gasteiger partial charge in [-0.15, -0.1) is 0 Å². The van der Waals surface area contributed by atoms with Crippen LogP contribution < -0.4 is 15.2 Å². The molecule has 0 aliphatic rings. The van der Waals surface area contributed by atoms with Gasteiger partial charge in [0.2, 0.25) is 0 Å². The summed E-state index contributed by atoms with van der Waals surface area (Å²) in [5.41, 5.74) is 3.01. The Labute approximate surface area is 146 Å². The molecule has 6 nitrogen and oxygen atoms in total. The molecule has 3 aromatic heterocycles. The zero-order chi connectivity index (χ0) is 17.7. The van der Waals surface area contributed by atoms with E-state index in [4.69, 9.17) is 0 Å². The summed E-state index contributed by atoms with van der Waals surface area (Å²) in [6.07, 6.45) is 3.57. The number of aromatic nitrogens is 4. The van der Waals surface area contributed by atoms with Crippen molar-refractivity contribution in [2.75, 3.05) is 0 Å². The molecular weight excluding hydrogens is 326 g/mol. The van der Waals surface area contributed by atoms with Crippen LogP contribution in [0.1, 0.15) is 0 Å². The molecule has 26 heavy (non-hydrogen) atoms. The number of para-hydroxylation sites is 3. The van der Waals surface area contributed by atoms with Gasteiger partial charge in [0, 0.05) is 0 Å². The largest absolute Gasteiger partial charge is 0.763 e. The van der Waals surface area contributed by atoms with Crippen molar-refractivity contribution in [3.63, 3.8) is 0 Å². The van der Waals surface area contributed by atoms with Gasteiger partial charge in [0.25, 0.3) is 11.1 Å². The highest BCUT2D eigenvalue weighted by Crippen LogP contribution is 2.13. The van der Waals surface area contributed by atoms with Crippen LogP contribution in [0, 0.1) is 0 Å². The lowest BCUT2D eigenvalue weighted by atomic mass is 10.2. The highest BCUT2D eigenvalue weighted by atomic mass is 16.1. The van der Waals surface area contributed by atoms with Crippen molar-refractivity contribution in [2.24, 2.45) is 0 Å². The van der Waals surface area contributed by atoms with E-state index in [0.29, 0.717) is 27.8 Å². The summed E-state index contributed by atoms with van der Waals surface area (Å²) in [4.78, 5) is 22.2. The second kappa shape index (κ2) is 5.31. The third kappa shape index (κ3) is 1.90. The van der Waals surface area contributed by atoms with Crippen molar-refractivity contribution in [1.82, 2.24) is 14.4 Å². The van der Waals surface area contributed by atoms with Crippen molar-refractivity contribution in [2.45, 2.75) is 0 Å². The van der Waals surface area contributed by atoms with E-state index < -0.39 is 0 Å². The fourth-order valence-electron chi connectivity index (χ4n) is 3.23. The molecule has 0 N–H and O–H groups in total. The lowest BCUT2D eigenvalue weighted by Crippen LogP contribution is -2.40. The van der Waals surface area contributed by atoms with Crippen LogP contribution in [-0.4, -0.2) is 20.2 Å². The lowest BCUT2D eigenvalue weighted by Gasteiger charge is -2.01. The first-order valence-electron chi connectivity index (χ1n) is 8.05. The molecule has 0 unspecified atom stereocenters. The van der Waals surface area contributed by atoms with Gasteiger partial charge in [-0.3, -0.25) is 10.7 Å². The quantitative estimate of drug-likeness (QED) is 0.263. The van der Waals surface area contributed by atoms with Crippen molar-refractivity contribution in [1.29, 1.82) is 0 Å². The highest BCUT2D eigenvalue weighted by molar-refractivity contribution is 5.87. The average molecular weight is 337 g/mol. The number of hydrogen-bond donors (Lipinski definition) is 0. The molecule has 6 heteroatoms. The number of imidazole rings is 1. The number of hydrogen-bond acceptors (Lipinski definition) is 3. The summed E-state index contributed by atoms with van der Waals surface area (Å²) < 4.78 is 3.46. The smallest absolute Gasteiger partial charge is 0.343 e. The Morgan fingerprint density at radius 2 is 1.65 bits per heavy atom. The maximum atomic E-state index is 13.0. The van der Waals surface area contributed by atoms with Crippen molar-refractivity contribution in [3.05, 3.63) is 87.8 Å². The van der Waals surface area contributed by atoms with Crippen LogP contribution >= 0.6 is 0 Å². The minimum Gasteiger partial charge on any atom is -0.763 e. The van der Waals surface area contributed by atoms with Crippen molar-refractivity contribution >= 4 is 33.7 Å². The number of nitrogens with zero attached hydrogens (tertiary/aromatic N) is 5. The molecule has 0 saturated carbocycles. The van der Waals surface area contributed by atoms with E-state index in [2.05, 4.69) is 9.97 Å². The standard InChI is InChI=1S/C20H11N5O/c21-12-14-17-19(23-16-9-5-4-8-15(16)22-17)25-11-10-24(20(25)18(14)26)13-6-2-1-3-7-13/h1-11H. The molecule has 0 atom stereocenters. The van der Waals surface area contributed by atoms with E-state index in [1.165, 1.54) is 0 Å². The van der Waals surface area contributed by atoms with Crippen LogP contribution in [0.15, 0.2) is 71.8 Å². The SMILES string of the molecule is [N-]=C=c1c(=O)c2n(cc[n+]2-c2ccccc2)c2nc3ccccc3nc12. The van der Waals surface area contributed by atoms with E-state index in [0.717, 1.165) is 5.69 Å². The second-order valence-electron chi connectivity index (χ2n) is 5.90. The van der Waals surface area contributed by atoms with Crippen molar-refractivity contribution < 1.29 is 4.57 Å². The van der Waals surface area contributed by atoms with Gasteiger partial charge in [0.1, 0.15) is 23.6 Å². The van der Waals surface area contributed by atoms with Gasteiger partial charge < -0.3 is 5.41 Å². The van der Waals surface area contributed by atoms with E-state index in [1.54, 1.807) is 21.4 Å². The molecule has 0 spiro atoms. The fraction of sp³-hybridized carbons (Fsp3) is 0. The van der Waals surface area contributed by atoms with E-state index in [-0.39, 0.29) is 10.6 Å². The van der Waals surface area contributed by atoms with E-state index in [9.17, 15) is 10.2 Å². The van der Waals surface area contributed by atoms with Crippen LogP contribution in [0.5, 0.6) is 0 Å². The van der Waals surface area contributed by atoms with Crippen LogP contribution in [0.25, 0.3) is 38.9 Å². The maximum absolute atomic E-state index is 13.0. The van der Waals surface area contributed by atoms with Gasteiger partial charge in [0.15, 0.2) is 0 Å². The number of rotatable bonds is 1. The molecule has 0 aliphatic carbocycles. The van der Waals surface area contributed by atoms with Crippen LogP contribution in [0.2, 0.25) is 0 Å². The molecule has 122 valence electrons. The molecule has 0 bridgehead atoms. The predicted octanol–water partition coefficient (Wildman–Crippen LogP) is 1.30. The first kappa shape index (κ1) is 14.5. The highest BCUT2D eigenvalue weighted by Gasteiger charge is 2.22. The molecule has 3 heterocycles. The van der Waals surface area contributed by atoms with E-state index in [1.807, 2.05) is 60.5 Å². The van der Waals surface area contributed by atoms with Gasteiger partial charge in [-0.1, -0.05) is 30.3 Å². The summed E-state index contributed by atoms with van der Waals surface area (Å²) >= 11 is 0. The van der Waals surface area contributed by atoms with E-state index >= 15 is 0 Å². The summed E-state index contributed by atoms with van der Waals surface area (Å²) in [5, 5.41) is 9.62. The molecule has 0 fully saturated rings. The Bertz CT molecular complexity index is 1450. The first-order valence-corrected chi connectivity index (χ1v) is 8.05. The molecule has 0 radical (unpaired) electrons. The van der Waals surface area contributed by atoms with Crippen LogP contribution in [0.3, 0.4) is 0 Å². The monoisotopic (exact) mass is 337 g/mol. The summed E-state index contributed by atoms with van der Waals surface area (Å²) in [6, 6.07) is 16.9. The minimum absolute atomic E-state index is 0.00846. The molecule has 2 aromatic carbocycles. The van der Waals surface area contributed by atoms with Gasteiger partial charge >= 0.3 is 5.65 Å². The summed E-state index contributed by atoms with van der Waals surface area (Å²) in [5.74, 6) is 2.02. The normalized spacial score (nSPS) is 11.2. The third-order valence-electron chi connectivity index (χ3n) is 4.41. The molecule has 0 saturated heterocycles. The Morgan fingerprint density at radius 3 is 2.38 bits per heavy atom. The Balaban J connectivity index is 2.05. The topological polar surface area (TPSA) is 73.4 Å². The summed E-state index contributed by atoms with van der Waals surface area (Å²) in [6.45, 7) is 0. The first-order chi connectivity index (χ1) is 12.8. The van der Waals surface area contributed by atoms with Gasteiger partial charge in [-0.2, -0.15) is 8.97 Å². The molecule has 5 aromatic rings. The number of pyridine rings is 1. The Morgan fingerprint density at radius 1 is 0.962 bits per heavy atom. The number of fused-ring (bicyclic) bond motifs is 4. The molecule has 5 rings (SSSR count). The Kier molecular flexibility index (Phi) is 2.95. The second-order valence-corrected chi connectivity index (χ2v) is 5.90. The van der Waals surface area contributed by atoms with Gasteiger partial charge in [0.05, 0.1) is 16.3 Å².